The third-order valence-corrected chi connectivity index (χ3v) is 3.25. The monoisotopic (exact) mass is 337 g/mol. The smallest absolute Gasteiger partial charge is 0.124 e. The van der Waals surface area contributed by atoms with Crippen LogP contribution in [0.25, 0.3) is 0 Å². The van der Waals surface area contributed by atoms with Crippen LogP contribution in [0.3, 0.4) is 0 Å². The lowest BCUT2D eigenvalue weighted by Crippen LogP contribution is -2.23. The number of rotatable bonds is 6. The Labute approximate surface area is 110 Å². The molecule has 1 aromatic carbocycles. The summed E-state index contributed by atoms with van der Waals surface area (Å²) in [4.78, 5) is 0. The normalized spacial score (nSPS) is 12.8. The number of likely N-dealkylation sites (N-methyl/N-ethyl adjacent to an activating group) is 1. The molecular formula is C12H17FINO. The van der Waals surface area contributed by atoms with Gasteiger partial charge < -0.3 is 10.1 Å². The second kappa shape index (κ2) is 7.19. The first-order chi connectivity index (χ1) is 7.69. The zero-order valence-corrected chi connectivity index (χ0v) is 11.8. The number of hydrogen-bond donors (Lipinski definition) is 1. The molecule has 1 rings (SSSR count). The van der Waals surface area contributed by atoms with Crippen molar-refractivity contribution in [3.63, 3.8) is 0 Å². The average Bonchev–Trinajstić information content (AvgIpc) is 2.26. The molecule has 0 saturated carbocycles. The molecule has 0 spiro atoms. The van der Waals surface area contributed by atoms with Crippen LogP contribution in [0.4, 0.5) is 4.39 Å². The summed E-state index contributed by atoms with van der Waals surface area (Å²) in [7, 11) is 1.89. The number of hydrogen-bond acceptors (Lipinski definition) is 2. The quantitative estimate of drug-likeness (QED) is 0.636. The Bertz CT molecular complexity index is 333. The topological polar surface area (TPSA) is 21.3 Å². The maximum atomic E-state index is 13.0. The van der Waals surface area contributed by atoms with Gasteiger partial charge in [-0.3, -0.25) is 0 Å². The van der Waals surface area contributed by atoms with E-state index in [4.69, 9.17) is 4.74 Å². The zero-order valence-electron chi connectivity index (χ0n) is 9.59. The minimum atomic E-state index is -0.197. The Morgan fingerprint density at radius 3 is 2.81 bits per heavy atom. The van der Waals surface area contributed by atoms with E-state index in [9.17, 15) is 4.39 Å². The van der Waals surface area contributed by atoms with Crippen molar-refractivity contribution in [1.82, 2.24) is 5.32 Å². The molecule has 2 nitrogen and oxygen atoms in total. The van der Waals surface area contributed by atoms with E-state index in [1.807, 2.05) is 13.1 Å². The van der Waals surface area contributed by atoms with Crippen LogP contribution >= 0.6 is 22.6 Å². The molecule has 0 aliphatic rings. The van der Waals surface area contributed by atoms with E-state index in [1.54, 1.807) is 6.07 Å². The van der Waals surface area contributed by atoms with Crippen LogP contribution in [0.1, 0.15) is 24.9 Å². The van der Waals surface area contributed by atoms with Crippen LogP contribution in [-0.4, -0.2) is 20.3 Å². The van der Waals surface area contributed by atoms with Crippen molar-refractivity contribution in [3.05, 3.63) is 33.1 Å². The summed E-state index contributed by atoms with van der Waals surface area (Å²) in [6.45, 7) is 3.46. The van der Waals surface area contributed by atoms with Crippen molar-refractivity contribution in [3.8, 4) is 0 Å². The molecule has 4 heteroatoms. The van der Waals surface area contributed by atoms with E-state index in [0.29, 0.717) is 6.61 Å². The molecule has 0 radical (unpaired) electrons. The SMILES string of the molecule is CCCOCC(NC)c1ccc(F)cc1I. The van der Waals surface area contributed by atoms with E-state index in [-0.39, 0.29) is 11.9 Å². The lowest BCUT2D eigenvalue weighted by molar-refractivity contribution is 0.114. The predicted molar refractivity (Wildman–Crippen MR) is 72.0 cm³/mol. The largest absolute Gasteiger partial charge is 0.379 e. The highest BCUT2D eigenvalue weighted by atomic mass is 127. The number of ether oxygens (including phenoxy) is 1. The van der Waals surface area contributed by atoms with Gasteiger partial charge in [-0.05, 0) is 53.8 Å². The highest BCUT2D eigenvalue weighted by Gasteiger charge is 2.12. The molecule has 0 aromatic heterocycles. The molecular weight excluding hydrogens is 320 g/mol. The molecule has 0 aliphatic carbocycles. The summed E-state index contributed by atoms with van der Waals surface area (Å²) < 4.78 is 19.4. The second-order valence-electron chi connectivity index (χ2n) is 3.58. The number of benzene rings is 1. The van der Waals surface area contributed by atoms with Gasteiger partial charge in [-0.2, -0.15) is 0 Å². The lowest BCUT2D eigenvalue weighted by Gasteiger charge is -2.18. The molecule has 0 bridgehead atoms. The molecule has 0 aliphatic heterocycles. The van der Waals surface area contributed by atoms with Crippen molar-refractivity contribution >= 4 is 22.6 Å². The van der Waals surface area contributed by atoms with Crippen LogP contribution in [0.5, 0.6) is 0 Å². The molecule has 0 heterocycles. The maximum absolute atomic E-state index is 13.0. The second-order valence-corrected chi connectivity index (χ2v) is 4.74. The number of nitrogens with one attached hydrogen (secondary N) is 1. The fraction of sp³-hybridized carbons (Fsp3) is 0.500. The summed E-state index contributed by atoms with van der Waals surface area (Å²) in [6.07, 6.45) is 1.01. The summed E-state index contributed by atoms with van der Waals surface area (Å²) >= 11 is 2.15. The zero-order chi connectivity index (χ0) is 12.0. The van der Waals surface area contributed by atoms with Gasteiger partial charge in [0.1, 0.15) is 5.82 Å². The Balaban J connectivity index is 2.70. The fourth-order valence-corrected chi connectivity index (χ4v) is 2.31. The summed E-state index contributed by atoms with van der Waals surface area (Å²) in [5.74, 6) is -0.197. The van der Waals surface area contributed by atoms with Gasteiger partial charge >= 0.3 is 0 Å². The van der Waals surface area contributed by atoms with Gasteiger partial charge in [-0.1, -0.05) is 13.0 Å². The van der Waals surface area contributed by atoms with E-state index in [0.717, 1.165) is 22.2 Å². The minimum Gasteiger partial charge on any atom is -0.379 e. The van der Waals surface area contributed by atoms with Gasteiger partial charge in [-0.15, -0.1) is 0 Å². The molecule has 0 saturated heterocycles. The van der Waals surface area contributed by atoms with Crippen LogP contribution in [0.15, 0.2) is 18.2 Å². The summed E-state index contributed by atoms with van der Waals surface area (Å²) in [5.41, 5.74) is 1.08. The molecule has 16 heavy (non-hydrogen) atoms. The molecule has 90 valence electrons. The van der Waals surface area contributed by atoms with Gasteiger partial charge in [-0.25, -0.2) is 4.39 Å². The van der Waals surface area contributed by atoms with Crippen molar-refractivity contribution < 1.29 is 9.13 Å². The molecule has 0 fully saturated rings. The number of halogens is 2. The Kier molecular flexibility index (Phi) is 6.23. The van der Waals surface area contributed by atoms with Crippen molar-refractivity contribution in [2.45, 2.75) is 19.4 Å². The molecule has 1 aromatic rings. The molecule has 1 atom stereocenters. The van der Waals surface area contributed by atoms with Gasteiger partial charge in [0.05, 0.1) is 12.6 Å². The first kappa shape index (κ1) is 13.9. The van der Waals surface area contributed by atoms with Gasteiger partial charge in [0.25, 0.3) is 0 Å². The summed E-state index contributed by atoms with van der Waals surface area (Å²) in [6, 6.07) is 4.97. The van der Waals surface area contributed by atoms with E-state index >= 15 is 0 Å². The molecule has 0 amide bonds. The molecule has 1 N–H and O–H groups in total. The first-order valence-electron chi connectivity index (χ1n) is 5.39. The molecule has 1 unspecified atom stereocenters. The van der Waals surface area contributed by atoms with Crippen molar-refractivity contribution in [2.75, 3.05) is 20.3 Å². The van der Waals surface area contributed by atoms with Crippen molar-refractivity contribution in [2.24, 2.45) is 0 Å². The van der Waals surface area contributed by atoms with E-state index in [2.05, 4.69) is 34.8 Å². The van der Waals surface area contributed by atoms with E-state index in [1.165, 1.54) is 6.07 Å². The third-order valence-electron chi connectivity index (χ3n) is 2.32. The third kappa shape index (κ3) is 3.99. The van der Waals surface area contributed by atoms with Gasteiger partial charge in [0, 0.05) is 10.2 Å². The average molecular weight is 337 g/mol. The first-order valence-corrected chi connectivity index (χ1v) is 6.46. The van der Waals surface area contributed by atoms with Crippen molar-refractivity contribution in [1.29, 1.82) is 0 Å². The minimum absolute atomic E-state index is 0.124. The Morgan fingerprint density at radius 1 is 1.50 bits per heavy atom. The standard InChI is InChI=1S/C12H17FINO/c1-3-6-16-8-12(15-2)10-5-4-9(13)7-11(10)14/h4-5,7,12,15H,3,6,8H2,1-2H3. The van der Waals surface area contributed by atoms with Crippen LogP contribution in [0, 0.1) is 9.39 Å². The van der Waals surface area contributed by atoms with Crippen LogP contribution in [0.2, 0.25) is 0 Å². The highest BCUT2D eigenvalue weighted by molar-refractivity contribution is 14.1. The lowest BCUT2D eigenvalue weighted by atomic mass is 10.1. The maximum Gasteiger partial charge on any atom is 0.124 e. The van der Waals surface area contributed by atoms with E-state index < -0.39 is 0 Å². The van der Waals surface area contributed by atoms with Gasteiger partial charge in [0.15, 0.2) is 0 Å². The van der Waals surface area contributed by atoms with Gasteiger partial charge in [0.2, 0.25) is 0 Å². The highest BCUT2D eigenvalue weighted by Crippen LogP contribution is 2.21. The Hall–Kier alpha value is -0.200. The predicted octanol–water partition coefficient (Wildman–Crippen LogP) is 3.12. The fourth-order valence-electron chi connectivity index (χ4n) is 1.46. The van der Waals surface area contributed by atoms with Crippen LogP contribution in [-0.2, 0) is 4.74 Å². The van der Waals surface area contributed by atoms with Crippen LogP contribution < -0.4 is 5.32 Å². The Morgan fingerprint density at radius 2 is 2.25 bits per heavy atom. The summed E-state index contributed by atoms with van der Waals surface area (Å²) in [5, 5.41) is 3.19.